The molecule has 0 saturated heterocycles. The van der Waals surface area contributed by atoms with Crippen LogP contribution in [0.25, 0.3) is 0 Å². The maximum absolute atomic E-state index is 13.4. The van der Waals surface area contributed by atoms with E-state index in [-0.39, 0.29) is 5.02 Å². The van der Waals surface area contributed by atoms with E-state index < -0.39 is 5.82 Å². The summed E-state index contributed by atoms with van der Waals surface area (Å²) in [5.41, 5.74) is 2.87. The fourth-order valence-electron chi connectivity index (χ4n) is 2.69. The topological polar surface area (TPSA) is 31.6 Å². The molecule has 0 aliphatic heterocycles. The van der Waals surface area contributed by atoms with Gasteiger partial charge in [-0.3, -0.25) is 0 Å². The number of thiocarbonyl (C=S) groups is 1. The van der Waals surface area contributed by atoms with Crippen molar-refractivity contribution in [3.8, 4) is 0 Å². The van der Waals surface area contributed by atoms with E-state index in [0.717, 1.165) is 17.0 Å². The number of furan rings is 1. The first-order valence-corrected chi connectivity index (χ1v) is 9.50. The Morgan fingerprint density at radius 1 is 1.11 bits per heavy atom. The molecule has 0 atom stereocenters. The van der Waals surface area contributed by atoms with Crippen LogP contribution in [0.5, 0.6) is 0 Å². The van der Waals surface area contributed by atoms with Crippen molar-refractivity contribution in [1.29, 1.82) is 0 Å². The lowest BCUT2D eigenvalue weighted by Crippen LogP contribution is -2.33. The van der Waals surface area contributed by atoms with Crippen LogP contribution in [0.1, 0.15) is 11.3 Å². The Morgan fingerprint density at radius 2 is 1.86 bits per heavy atom. The number of benzene rings is 2. The van der Waals surface area contributed by atoms with Crippen molar-refractivity contribution in [2.45, 2.75) is 13.1 Å². The predicted octanol–water partition coefficient (Wildman–Crippen LogP) is 5.54. The second-order valence-electron chi connectivity index (χ2n) is 6.56. The summed E-state index contributed by atoms with van der Waals surface area (Å²) in [6.07, 6.45) is 1.63. The fourth-order valence-corrected chi connectivity index (χ4v) is 3.11. The van der Waals surface area contributed by atoms with Gasteiger partial charge >= 0.3 is 0 Å². The summed E-state index contributed by atoms with van der Waals surface area (Å²) >= 11 is 11.5. The molecule has 146 valence electrons. The average molecular weight is 418 g/mol. The van der Waals surface area contributed by atoms with Crippen LogP contribution in [0.4, 0.5) is 15.8 Å². The van der Waals surface area contributed by atoms with Crippen LogP contribution in [0.3, 0.4) is 0 Å². The van der Waals surface area contributed by atoms with E-state index in [1.54, 1.807) is 12.3 Å². The summed E-state index contributed by atoms with van der Waals surface area (Å²) in [6, 6.07) is 16.4. The number of nitrogens with one attached hydrogen (secondary N) is 1. The highest BCUT2D eigenvalue weighted by Crippen LogP contribution is 2.21. The summed E-state index contributed by atoms with van der Waals surface area (Å²) in [4.78, 5) is 4.03. The molecule has 7 heteroatoms. The first-order chi connectivity index (χ1) is 13.4. The molecule has 3 rings (SSSR count). The van der Waals surface area contributed by atoms with Gasteiger partial charge in [-0.2, -0.15) is 0 Å². The summed E-state index contributed by atoms with van der Waals surface area (Å²) in [5.74, 6) is 0.331. The Kier molecular flexibility index (Phi) is 6.54. The highest BCUT2D eigenvalue weighted by Gasteiger charge is 2.14. The number of hydrogen-bond donors (Lipinski definition) is 1. The Morgan fingerprint density at radius 3 is 2.46 bits per heavy atom. The van der Waals surface area contributed by atoms with Crippen LogP contribution < -0.4 is 10.2 Å². The molecule has 28 heavy (non-hydrogen) atoms. The van der Waals surface area contributed by atoms with E-state index in [1.165, 1.54) is 12.1 Å². The van der Waals surface area contributed by atoms with E-state index >= 15 is 0 Å². The SMILES string of the molecule is CN(C)c1ccc(CN(Cc2ccco2)C(=S)Nc2ccc(F)c(Cl)c2)cc1. The van der Waals surface area contributed by atoms with Gasteiger partial charge in [0, 0.05) is 32.0 Å². The van der Waals surface area contributed by atoms with Gasteiger partial charge < -0.3 is 19.5 Å². The lowest BCUT2D eigenvalue weighted by atomic mass is 10.2. The number of halogens is 2. The second kappa shape index (κ2) is 9.08. The fraction of sp³-hybridized carbons (Fsp3) is 0.190. The van der Waals surface area contributed by atoms with Crippen LogP contribution in [0.15, 0.2) is 65.3 Å². The van der Waals surface area contributed by atoms with E-state index in [0.29, 0.717) is 23.9 Å². The van der Waals surface area contributed by atoms with E-state index in [4.69, 9.17) is 28.2 Å². The number of nitrogens with zero attached hydrogens (tertiary/aromatic N) is 2. The molecule has 1 N–H and O–H groups in total. The predicted molar refractivity (Wildman–Crippen MR) is 116 cm³/mol. The quantitative estimate of drug-likeness (QED) is 0.532. The normalized spacial score (nSPS) is 10.6. The van der Waals surface area contributed by atoms with E-state index in [9.17, 15) is 4.39 Å². The number of anilines is 2. The molecule has 2 aromatic carbocycles. The van der Waals surface area contributed by atoms with E-state index in [2.05, 4.69) is 34.5 Å². The molecule has 0 bridgehead atoms. The molecule has 0 aliphatic rings. The second-order valence-corrected chi connectivity index (χ2v) is 7.35. The Labute approximate surface area is 174 Å². The summed E-state index contributed by atoms with van der Waals surface area (Å²) in [7, 11) is 4.01. The standard InChI is InChI=1S/C21H21ClFN3OS/c1-25(2)17-8-5-15(6-9-17)13-26(14-18-4-3-11-27-18)21(28)24-16-7-10-20(23)19(22)12-16/h3-12H,13-14H2,1-2H3,(H,24,28). The van der Waals surface area contributed by atoms with Gasteiger partial charge in [0.25, 0.3) is 0 Å². The van der Waals surface area contributed by atoms with Gasteiger partial charge in [-0.25, -0.2) is 4.39 Å². The lowest BCUT2D eigenvalue weighted by Gasteiger charge is -2.25. The van der Waals surface area contributed by atoms with Crippen molar-refractivity contribution in [2.75, 3.05) is 24.3 Å². The van der Waals surface area contributed by atoms with Crippen LogP contribution in [0.2, 0.25) is 5.02 Å². The molecule has 3 aromatic rings. The zero-order valence-electron chi connectivity index (χ0n) is 15.7. The molecule has 1 heterocycles. The molecular formula is C21H21ClFN3OS. The first kappa shape index (κ1) is 20.2. The average Bonchev–Trinajstić information content (AvgIpc) is 3.18. The third-order valence-corrected chi connectivity index (χ3v) is 4.86. The smallest absolute Gasteiger partial charge is 0.174 e. The molecule has 0 aliphatic carbocycles. The van der Waals surface area contributed by atoms with Crippen molar-refractivity contribution in [3.63, 3.8) is 0 Å². The highest BCUT2D eigenvalue weighted by molar-refractivity contribution is 7.80. The molecular weight excluding hydrogens is 397 g/mol. The van der Waals surface area contributed by atoms with Gasteiger partial charge in [-0.1, -0.05) is 23.7 Å². The van der Waals surface area contributed by atoms with Crippen LogP contribution in [-0.4, -0.2) is 24.1 Å². The molecule has 0 unspecified atom stereocenters. The lowest BCUT2D eigenvalue weighted by molar-refractivity contribution is 0.360. The Balaban J connectivity index is 1.77. The zero-order chi connectivity index (χ0) is 20.1. The summed E-state index contributed by atoms with van der Waals surface area (Å²) in [5, 5.41) is 3.67. The zero-order valence-corrected chi connectivity index (χ0v) is 17.2. The maximum atomic E-state index is 13.4. The van der Waals surface area contributed by atoms with Crippen LogP contribution in [0, 0.1) is 5.82 Å². The van der Waals surface area contributed by atoms with Gasteiger partial charge in [0.15, 0.2) is 5.11 Å². The molecule has 0 saturated carbocycles. The minimum absolute atomic E-state index is 0.0460. The monoisotopic (exact) mass is 417 g/mol. The summed E-state index contributed by atoms with van der Waals surface area (Å²) in [6.45, 7) is 1.10. The minimum atomic E-state index is -0.466. The number of hydrogen-bond acceptors (Lipinski definition) is 3. The Hall–Kier alpha value is -2.57. The largest absolute Gasteiger partial charge is 0.467 e. The molecule has 0 spiro atoms. The third kappa shape index (κ3) is 5.24. The Bertz CT molecular complexity index is 929. The van der Waals surface area contributed by atoms with Crippen LogP contribution in [-0.2, 0) is 13.1 Å². The van der Waals surface area contributed by atoms with Crippen LogP contribution >= 0.6 is 23.8 Å². The van der Waals surface area contributed by atoms with Gasteiger partial charge in [0.1, 0.15) is 11.6 Å². The van der Waals surface area contributed by atoms with Crippen molar-refractivity contribution < 1.29 is 8.81 Å². The maximum Gasteiger partial charge on any atom is 0.174 e. The van der Waals surface area contributed by atoms with E-state index in [1.807, 2.05) is 31.1 Å². The van der Waals surface area contributed by atoms with Gasteiger partial charge in [-0.05, 0) is 60.2 Å². The van der Waals surface area contributed by atoms with Gasteiger partial charge in [-0.15, -0.1) is 0 Å². The van der Waals surface area contributed by atoms with Crippen molar-refractivity contribution >= 4 is 40.3 Å². The molecule has 0 fully saturated rings. The van der Waals surface area contributed by atoms with Crippen molar-refractivity contribution in [1.82, 2.24) is 4.90 Å². The number of rotatable bonds is 6. The third-order valence-electron chi connectivity index (χ3n) is 4.21. The van der Waals surface area contributed by atoms with Gasteiger partial charge in [0.05, 0.1) is 17.8 Å². The summed E-state index contributed by atoms with van der Waals surface area (Å²) < 4.78 is 18.9. The minimum Gasteiger partial charge on any atom is -0.467 e. The van der Waals surface area contributed by atoms with Gasteiger partial charge in [0.2, 0.25) is 0 Å². The highest BCUT2D eigenvalue weighted by atomic mass is 35.5. The molecule has 4 nitrogen and oxygen atoms in total. The van der Waals surface area contributed by atoms with Crippen molar-refractivity contribution in [2.24, 2.45) is 0 Å². The van der Waals surface area contributed by atoms with Crippen molar-refractivity contribution in [3.05, 3.63) is 83.0 Å². The molecule has 0 radical (unpaired) electrons. The first-order valence-electron chi connectivity index (χ1n) is 8.72. The molecule has 0 amide bonds. The molecule has 1 aromatic heterocycles.